The minimum Gasteiger partial charge on any atom is -0.444 e. The average Bonchev–Trinajstić information content (AvgIpc) is 2.79. The molecule has 0 aliphatic rings. The summed E-state index contributed by atoms with van der Waals surface area (Å²) in [5.41, 5.74) is 1.84. The summed E-state index contributed by atoms with van der Waals surface area (Å²) in [6, 6.07) is 19.3. The molecule has 0 radical (unpaired) electrons. The van der Waals surface area contributed by atoms with Crippen LogP contribution in [0.5, 0.6) is 0 Å². The van der Waals surface area contributed by atoms with Crippen LogP contribution in [-0.2, 0) is 19.4 Å². The third-order valence-corrected chi connectivity index (χ3v) is 5.94. The van der Waals surface area contributed by atoms with Gasteiger partial charge in [0.15, 0.2) is 0 Å². The van der Waals surface area contributed by atoms with E-state index in [1.54, 1.807) is 42.5 Å². The number of hydrogen-bond acceptors (Lipinski definition) is 5. The Balaban J connectivity index is 1.82. The fraction of sp³-hybridized carbons (Fsp3) is 0.130. The zero-order valence-corrected chi connectivity index (χ0v) is 17.7. The van der Waals surface area contributed by atoms with Gasteiger partial charge in [-0.1, -0.05) is 48.0 Å². The summed E-state index contributed by atoms with van der Waals surface area (Å²) in [5.74, 6) is -5.09. The fourth-order valence-electron chi connectivity index (χ4n) is 2.80. The summed E-state index contributed by atoms with van der Waals surface area (Å²) < 4.78 is 53.9. The molecule has 6 nitrogen and oxygen atoms in total. The molecule has 0 saturated heterocycles. The van der Waals surface area contributed by atoms with Crippen molar-refractivity contribution >= 4 is 27.4 Å². The molecule has 32 heavy (non-hydrogen) atoms. The van der Waals surface area contributed by atoms with E-state index in [1.807, 2.05) is 19.1 Å². The van der Waals surface area contributed by atoms with E-state index in [2.05, 4.69) is 5.32 Å². The molecule has 0 heterocycles. The van der Waals surface area contributed by atoms with Crippen molar-refractivity contribution in [2.24, 2.45) is 0 Å². The Morgan fingerprint density at radius 1 is 0.875 bits per heavy atom. The highest BCUT2D eigenvalue weighted by atomic mass is 32.2. The van der Waals surface area contributed by atoms with Gasteiger partial charge in [-0.2, -0.15) is 8.78 Å². The Hall–Kier alpha value is -3.59. The van der Waals surface area contributed by atoms with Crippen molar-refractivity contribution in [1.29, 1.82) is 0 Å². The molecular formula is C23H19F2NO5S. The second-order valence-electron chi connectivity index (χ2n) is 6.88. The zero-order chi connectivity index (χ0) is 23.3. The molecular weight excluding hydrogens is 440 g/mol. The number of halogens is 2. The van der Waals surface area contributed by atoms with Gasteiger partial charge in [0.25, 0.3) is 5.91 Å². The molecule has 0 aliphatic carbocycles. The Kier molecular flexibility index (Phi) is 6.99. The quantitative estimate of drug-likeness (QED) is 0.525. The van der Waals surface area contributed by atoms with E-state index in [0.29, 0.717) is 11.3 Å². The highest BCUT2D eigenvalue weighted by Crippen LogP contribution is 2.23. The van der Waals surface area contributed by atoms with Crippen molar-refractivity contribution in [3.05, 3.63) is 95.6 Å². The lowest BCUT2D eigenvalue weighted by molar-refractivity contribution is -0.125. The van der Waals surface area contributed by atoms with Gasteiger partial charge in [-0.3, -0.25) is 4.79 Å². The molecule has 3 aromatic carbocycles. The summed E-state index contributed by atoms with van der Waals surface area (Å²) in [4.78, 5) is 24.9. The molecule has 9 heteroatoms. The van der Waals surface area contributed by atoms with Gasteiger partial charge in [-0.05, 0) is 43.3 Å². The van der Waals surface area contributed by atoms with Crippen LogP contribution >= 0.6 is 0 Å². The van der Waals surface area contributed by atoms with Gasteiger partial charge in [0, 0.05) is 11.3 Å². The van der Waals surface area contributed by atoms with E-state index < -0.39 is 38.5 Å². The molecule has 0 fully saturated rings. The fourth-order valence-corrected chi connectivity index (χ4v) is 3.53. The van der Waals surface area contributed by atoms with Crippen molar-refractivity contribution < 1.29 is 31.5 Å². The number of aryl methyl sites for hydroxylation is 1. The van der Waals surface area contributed by atoms with Gasteiger partial charge < -0.3 is 10.1 Å². The van der Waals surface area contributed by atoms with Crippen LogP contribution in [0.4, 0.5) is 14.5 Å². The molecule has 0 aromatic heterocycles. The number of carbonyl (C=O) groups is 2. The molecule has 1 amide bonds. The molecule has 166 valence electrons. The predicted octanol–water partition coefficient (Wildman–Crippen LogP) is 4.53. The van der Waals surface area contributed by atoms with Gasteiger partial charge in [0.05, 0.1) is 10.5 Å². The maximum atomic E-state index is 12.9. The molecule has 0 saturated carbocycles. The summed E-state index contributed by atoms with van der Waals surface area (Å²) >= 11 is 0. The van der Waals surface area contributed by atoms with Crippen molar-refractivity contribution in [1.82, 2.24) is 0 Å². The summed E-state index contributed by atoms with van der Waals surface area (Å²) in [5, 5.41) is 2.69. The zero-order valence-electron chi connectivity index (χ0n) is 16.9. The standard InChI is InChI=1S/C23H19F2NO5S/c1-15-7-11-18(12-8-15)26-21(27)20(16-5-3-2-4-6-16)31-22(28)17-9-13-19(14-10-17)32(29,30)23(24)25/h2-14,20,23H,1H3,(H,26,27)/t20-/m1/s1. The Morgan fingerprint density at radius 3 is 2.03 bits per heavy atom. The number of esters is 1. The van der Waals surface area contributed by atoms with E-state index >= 15 is 0 Å². The molecule has 0 aliphatic heterocycles. The van der Waals surface area contributed by atoms with Gasteiger partial charge in [0.2, 0.25) is 15.9 Å². The van der Waals surface area contributed by atoms with Gasteiger partial charge >= 0.3 is 11.7 Å². The molecule has 0 spiro atoms. The number of nitrogens with one attached hydrogen (secondary N) is 1. The first-order chi connectivity index (χ1) is 15.2. The van der Waals surface area contributed by atoms with Crippen molar-refractivity contribution in [3.63, 3.8) is 0 Å². The number of hydrogen-bond donors (Lipinski definition) is 1. The van der Waals surface area contributed by atoms with E-state index in [-0.39, 0.29) is 5.56 Å². The molecule has 3 rings (SSSR count). The van der Waals surface area contributed by atoms with E-state index in [9.17, 15) is 26.8 Å². The minimum absolute atomic E-state index is 0.0951. The van der Waals surface area contributed by atoms with Crippen LogP contribution in [0.3, 0.4) is 0 Å². The molecule has 3 aromatic rings. The molecule has 0 unspecified atom stereocenters. The highest BCUT2D eigenvalue weighted by Gasteiger charge is 2.28. The topological polar surface area (TPSA) is 89.5 Å². The number of ether oxygens (including phenoxy) is 1. The SMILES string of the molecule is Cc1ccc(NC(=O)[C@H](OC(=O)c2ccc(S(=O)(=O)C(F)F)cc2)c2ccccc2)cc1. The van der Waals surface area contributed by atoms with Crippen LogP contribution in [-0.4, -0.2) is 26.1 Å². The average molecular weight is 459 g/mol. The van der Waals surface area contributed by atoms with E-state index in [4.69, 9.17) is 4.74 Å². The second-order valence-corrected chi connectivity index (χ2v) is 8.80. The maximum absolute atomic E-state index is 12.9. The Morgan fingerprint density at radius 2 is 1.47 bits per heavy atom. The van der Waals surface area contributed by atoms with Crippen LogP contribution in [0.25, 0.3) is 0 Å². The number of amides is 1. The first-order valence-electron chi connectivity index (χ1n) is 9.44. The van der Waals surface area contributed by atoms with Crippen LogP contribution < -0.4 is 5.32 Å². The van der Waals surface area contributed by atoms with E-state index in [1.165, 1.54) is 0 Å². The first-order valence-corrected chi connectivity index (χ1v) is 11.0. The van der Waals surface area contributed by atoms with Crippen LogP contribution in [0.1, 0.15) is 27.6 Å². The highest BCUT2D eigenvalue weighted by molar-refractivity contribution is 7.91. The van der Waals surface area contributed by atoms with Gasteiger partial charge in [-0.15, -0.1) is 0 Å². The monoisotopic (exact) mass is 459 g/mol. The van der Waals surface area contributed by atoms with Crippen molar-refractivity contribution in [3.8, 4) is 0 Å². The first kappa shape index (κ1) is 23.1. The van der Waals surface area contributed by atoms with Crippen molar-refractivity contribution in [2.75, 3.05) is 5.32 Å². The molecule has 1 N–H and O–H groups in total. The lowest BCUT2D eigenvalue weighted by Gasteiger charge is -2.18. The summed E-state index contributed by atoms with van der Waals surface area (Å²) in [7, 11) is -4.79. The third-order valence-electron chi connectivity index (χ3n) is 4.54. The van der Waals surface area contributed by atoms with Gasteiger partial charge in [-0.25, -0.2) is 13.2 Å². The number of benzene rings is 3. The van der Waals surface area contributed by atoms with E-state index in [0.717, 1.165) is 29.8 Å². The van der Waals surface area contributed by atoms with Crippen LogP contribution in [0.2, 0.25) is 0 Å². The second kappa shape index (κ2) is 9.69. The summed E-state index contributed by atoms with van der Waals surface area (Å²) in [6.07, 6.45) is -1.30. The largest absolute Gasteiger partial charge is 0.444 e. The number of rotatable bonds is 7. The van der Waals surface area contributed by atoms with Gasteiger partial charge in [0.1, 0.15) is 0 Å². The van der Waals surface area contributed by atoms with Crippen LogP contribution in [0.15, 0.2) is 83.8 Å². The number of alkyl halides is 2. The maximum Gasteiger partial charge on any atom is 0.341 e. The Bertz CT molecular complexity index is 1200. The number of carbonyl (C=O) groups excluding carboxylic acids is 2. The third kappa shape index (κ3) is 5.36. The summed E-state index contributed by atoms with van der Waals surface area (Å²) in [6.45, 7) is 1.90. The molecule has 1 atom stereocenters. The van der Waals surface area contributed by atoms with Crippen molar-refractivity contribution in [2.45, 2.75) is 23.7 Å². The lowest BCUT2D eigenvalue weighted by Crippen LogP contribution is -2.26. The minimum atomic E-state index is -4.79. The smallest absolute Gasteiger partial charge is 0.341 e. The predicted molar refractivity (Wildman–Crippen MR) is 114 cm³/mol. The molecule has 0 bridgehead atoms. The number of sulfone groups is 1. The Labute approximate surface area is 183 Å². The normalized spacial score (nSPS) is 12.2. The lowest BCUT2D eigenvalue weighted by atomic mass is 10.1. The van der Waals surface area contributed by atoms with Crippen LogP contribution in [0, 0.1) is 6.92 Å². The number of anilines is 1.